The molecule has 0 aliphatic carbocycles. The first-order valence-corrected chi connectivity index (χ1v) is 10.7. The topological polar surface area (TPSA) is 77.1 Å². The minimum atomic E-state index is -0.900. The van der Waals surface area contributed by atoms with E-state index in [1.165, 1.54) is 6.08 Å². The zero-order valence-electron chi connectivity index (χ0n) is 16.6. The van der Waals surface area contributed by atoms with E-state index in [-0.39, 0.29) is 17.6 Å². The molecule has 1 heterocycles. The number of benzene rings is 2. The van der Waals surface area contributed by atoms with Crippen LogP contribution in [0.1, 0.15) is 33.2 Å². The van der Waals surface area contributed by atoms with E-state index in [9.17, 15) is 9.59 Å². The molecule has 0 aliphatic rings. The first-order chi connectivity index (χ1) is 14.9. The molecule has 3 N–H and O–H groups in total. The van der Waals surface area contributed by atoms with Gasteiger partial charge in [0.15, 0.2) is 5.78 Å². The average molecular weight is 477 g/mol. The molecule has 0 spiro atoms. The average Bonchev–Trinajstić information content (AvgIpc) is 3.26. The summed E-state index contributed by atoms with van der Waals surface area (Å²) in [5.41, 5.74) is 9.39. The van der Waals surface area contributed by atoms with Crippen LogP contribution in [0.2, 0.25) is 10.0 Å². The van der Waals surface area contributed by atoms with Gasteiger partial charge in [0.1, 0.15) is 6.04 Å². The number of nitrogens with two attached hydrogens (primary N) is 1. The van der Waals surface area contributed by atoms with Crippen molar-refractivity contribution in [1.82, 2.24) is 9.88 Å². The Bertz CT molecular complexity index is 1140. The summed E-state index contributed by atoms with van der Waals surface area (Å²) in [6.45, 7) is 0. The summed E-state index contributed by atoms with van der Waals surface area (Å²) < 4.78 is 1.75. The van der Waals surface area contributed by atoms with Crippen molar-refractivity contribution < 1.29 is 9.59 Å². The molecule has 1 atom stereocenters. The molecular weight excluding hydrogens is 457 g/mol. The quantitative estimate of drug-likeness (QED) is 0.365. The number of ketones is 1. The summed E-state index contributed by atoms with van der Waals surface area (Å²) in [4.78, 5) is 24.3. The molecule has 160 valence electrons. The summed E-state index contributed by atoms with van der Waals surface area (Å²) in [7, 11) is 1.57. The Morgan fingerprint density at radius 2 is 1.84 bits per heavy atom. The number of carbonyl (C=O) groups excluding carboxylic acids is 2. The summed E-state index contributed by atoms with van der Waals surface area (Å²) in [6.07, 6.45) is 4.85. The smallest absolute Gasteiger partial charge is 0.251 e. The molecule has 3 aromatic rings. The third kappa shape index (κ3) is 5.02. The van der Waals surface area contributed by atoms with Crippen LogP contribution in [0.25, 0.3) is 11.8 Å². The van der Waals surface area contributed by atoms with E-state index in [0.717, 1.165) is 5.56 Å². The maximum absolute atomic E-state index is 12.7. The molecule has 1 amide bonds. The van der Waals surface area contributed by atoms with Crippen molar-refractivity contribution in [2.75, 3.05) is 7.05 Å². The zero-order chi connectivity index (χ0) is 22.5. The van der Waals surface area contributed by atoms with Gasteiger partial charge in [0.25, 0.3) is 5.91 Å². The minimum absolute atomic E-state index is 0.161. The second-order valence-electron chi connectivity index (χ2n) is 6.71. The third-order valence-corrected chi connectivity index (χ3v) is 5.85. The van der Waals surface area contributed by atoms with Crippen LogP contribution in [-0.2, 0) is 10.7 Å². The number of hydrogen-bond donors (Lipinski definition) is 2. The van der Waals surface area contributed by atoms with E-state index in [2.05, 4.69) is 5.32 Å². The Morgan fingerprint density at radius 1 is 1.13 bits per heavy atom. The summed E-state index contributed by atoms with van der Waals surface area (Å²) in [5, 5.41) is 3.44. The van der Waals surface area contributed by atoms with Crippen LogP contribution in [-0.4, -0.2) is 23.3 Å². The first-order valence-electron chi connectivity index (χ1n) is 9.37. The van der Waals surface area contributed by atoms with Gasteiger partial charge >= 0.3 is 0 Å². The Hall–Kier alpha value is -2.57. The fraction of sp³-hybridized carbons (Fsp3) is 0.130. The van der Waals surface area contributed by atoms with Crippen molar-refractivity contribution in [3.63, 3.8) is 0 Å². The van der Waals surface area contributed by atoms with Crippen LogP contribution < -0.4 is 11.1 Å². The van der Waals surface area contributed by atoms with Crippen molar-refractivity contribution in [2.45, 2.75) is 11.9 Å². The number of carbonyl (C=O) groups is 2. The summed E-state index contributed by atoms with van der Waals surface area (Å²) in [5.74, 6) is -0.292. The molecule has 1 aromatic heterocycles. The molecule has 8 heteroatoms. The van der Waals surface area contributed by atoms with Gasteiger partial charge in [-0.2, -0.15) is 0 Å². The number of nitrogens with zero attached hydrogens (tertiary/aromatic N) is 1. The van der Waals surface area contributed by atoms with Gasteiger partial charge in [-0.15, -0.1) is 11.6 Å². The molecule has 0 saturated carbocycles. The van der Waals surface area contributed by atoms with E-state index in [1.54, 1.807) is 72.4 Å². The Labute approximate surface area is 195 Å². The SMILES string of the molecule is CNC(=O)c1ccc(/C=C/C(=O)C(N)c2cccn2-c2ccc(Cl)c(CCl)c2Cl)cc1. The predicted molar refractivity (Wildman–Crippen MR) is 126 cm³/mol. The van der Waals surface area contributed by atoms with Crippen LogP contribution in [0.3, 0.4) is 0 Å². The zero-order valence-corrected chi connectivity index (χ0v) is 18.9. The minimum Gasteiger partial charge on any atom is -0.355 e. The standard InChI is InChI=1S/C23H20Cl3N3O2/c1-28-23(31)15-7-4-14(5-8-15)6-11-20(30)22(27)19-3-2-12-29(19)18-10-9-17(25)16(13-24)21(18)26/h2-12,22H,13,27H2,1H3,(H,28,31)/b11-6+. The van der Waals surface area contributed by atoms with Gasteiger partial charge in [0, 0.05) is 35.1 Å². The van der Waals surface area contributed by atoms with Crippen LogP contribution >= 0.6 is 34.8 Å². The molecule has 3 rings (SSSR count). The highest BCUT2D eigenvalue weighted by Gasteiger charge is 2.20. The second kappa shape index (κ2) is 10.2. The van der Waals surface area contributed by atoms with Crippen LogP contribution in [0.4, 0.5) is 0 Å². The lowest BCUT2D eigenvalue weighted by atomic mass is 10.1. The van der Waals surface area contributed by atoms with Crippen molar-refractivity contribution in [3.05, 3.63) is 93.2 Å². The highest BCUT2D eigenvalue weighted by atomic mass is 35.5. The Balaban J connectivity index is 1.83. The third-order valence-electron chi connectivity index (χ3n) is 4.80. The molecule has 0 fully saturated rings. The van der Waals surface area contributed by atoms with Crippen molar-refractivity contribution >= 4 is 52.6 Å². The van der Waals surface area contributed by atoms with Gasteiger partial charge < -0.3 is 15.6 Å². The lowest BCUT2D eigenvalue weighted by molar-refractivity contribution is -0.115. The molecule has 5 nitrogen and oxygen atoms in total. The monoisotopic (exact) mass is 475 g/mol. The number of rotatable bonds is 7. The maximum atomic E-state index is 12.7. The molecule has 0 radical (unpaired) electrons. The predicted octanol–water partition coefficient (Wildman–Crippen LogP) is 5.16. The molecule has 1 unspecified atom stereocenters. The highest BCUT2D eigenvalue weighted by Crippen LogP contribution is 2.33. The molecule has 31 heavy (non-hydrogen) atoms. The number of halogens is 3. The van der Waals surface area contributed by atoms with Crippen LogP contribution in [0, 0.1) is 0 Å². The maximum Gasteiger partial charge on any atom is 0.251 e. The Morgan fingerprint density at radius 3 is 2.48 bits per heavy atom. The summed E-state index contributed by atoms with van der Waals surface area (Å²) >= 11 is 18.6. The van der Waals surface area contributed by atoms with E-state index in [1.807, 2.05) is 0 Å². The van der Waals surface area contributed by atoms with Crippen LogP contribution in [0.15, 0.2) is 60.8 Å². The largest absolute Gasteiger partial charge is 0.355 e. The van der Waals surface area contributed by atoms with Gasteiger partial charge in [-0.25, -0.2) is 0 Å². The normalized spacial score (nSPS) is 12.2. The van der Waals surface area contributed by atoms with Crippen LogP contribution in [0.5, 0.6) is 0 Å². The second-order valence-corrected chi connectivity index (χ2v) is 7.76. The van der Waals surface area contributed by atoms with Crippen molar-refractivity contribution in [2.24, 2.45) is 5.73 Å². The lowest BCUT2D eigenvalue weighted by Crippen LogP contribution is -2.22. The molecule has 0 bridgehead atoms. The fourth-order valence-corrected chi connectivity index (χ4v) is 4.09. The number of hydrogen-bond acceptors (Lipinski definition) is 3. The van der Waals surface area contributed by atoms with Gasteiger partial charge in [-0.3, -0.25) is 9.59 Å². The van der Waals surface area contributed by atoms with E-state index in [4.69, 9.17) is 40.5 Å². The van der Waals surface area contributed by atoms with Gasteiger partial charge in [0.2, 0.25) is 0 Å². The van der Waals surface area contributed by atoms with Gasteiger partial charge in [0.05, 0.1) is 16.6 Å². The number of amides is 1. The number of aromatic nitrogens is 1. The number of nitrogens with one attached hydrogen (secondary N) is 1. The van der Waals surface area contributed by atoms with E-state index < -0.39 is 6.04 Å². The van der Waals surface area contributed by atoms with Gasteiger partial charge in [-0.1, -0.05) is 41.4 Å². The van der Waals surface area contributed by atoms with Gasteiger partial charge in [-0.05, 0) is 48.0 Å². The fourth-order valence-electron chi connectivity index (χ4n) is 3.08. The molecule has 2 aromatic carbocycles. The first kappa shape index (κ1) is 23.1. The molecule has 0 saturated heterocycles. The Kier molecular flexibility index (Phi) is 7.57. The van der Waals surface area contributed by atoms with E-state index >= 15 is 0 Å². The van der Waals surface area contributed by atoms with E-state index in [0.29, 0.717) is 32.6 Å². The number of alkyl halides is 1. The molecule has 0 aliphatic heterocycles. The summed E-state index contributed by atoms with van der Waals surface area (Å²) in [6, 6.07) is 13.0. The van der Waals surface area contributed by atoms with Crippen molar-refractivity contribution in [3.8, 4) is 5.69 Å². The molecular formula is C23H20Cl3N3O2. The van der Waals surface area contributed by atoms with Crippen molar-refractivity contribution in [1.29, 1.82) is 0 Å². The highest BCUT2D eigenvalue weighted by molar-refractivity contribution is 6.38. The lowest BCUT2D eigenvalue weighted by Gasteiger charge is -2.16.